The van der Waals surface area contributed by atoms with Crippen molar-refractivity contribution in [2.45, 2.75) is 12.3 Å². The van der Waals surface area contributed by atoms with E-state index in [9.17, 15) is 22.5 Å². The van der Waals surface area contributed by atoms with Gasteiger partial charge in [0, 0.05) is 18.7 Å². The molecule has 1 aliphatic rings. The smallest absolute Gasteiger partial charge is 0.469 e. The number of rotatable bonds is 6. The Morgan fingerprint density at radius 3 is 2.06 bits per heavy atom. The molecule has 0 saturated carbocycles. The van der Waals surface area contributed by atoms with Crippen LogP contribution in [0.1, 0.15) is 22.6 Å². The van der Waals surface area contributed by atoms with E-state index in [1.807, 2.05) is 48.5 Å². The minimum atomic E-state index is -5.34. The van der Waals surface area contributed by atoms with Crippen molar-refractivity contribution in [1.29, 1.82) is 0 Å². The molecule has 0 bridgehead atoms. The number of nitrogens with zero attached hydrogens (tertiary/aromatic N) is 1. The number of carbonyl (C=O) groups excluding carboxylic acids is 2. The Morgan fingerprint density at radius 2 is 1.51 bits per heavy atom. The van der Waals surface area contributed by atoms with Gasteiger partial charge in [0.05, 0.1) is 13.5 Å². The number of esters is 1. The van der Waals surface area contributed by atoms with Gasteiger partial charge in [0.15, 0.2) is 0 Å². The number of hydrogen-bond acceptors (Lipinski definition) is 4. The Balaban J connectivity index is 0.00000342. The van der Waals surface area contributed by atoms with Crippen LogP contribution in [-0.4, -0.2) is 39.8 Å². The maximum Gasteiger partial charge on any atom is 1.00 e. The molecule has 0 aliphatic heterocycles. The van der Waals surface area contributed by atoms with E-state index in [0.717, 1.165) is 46.4 Å². The maximum absolute atomic E-state index is 13.5. The normalized spacial score (nSPS) is 12.3. The zero-order chi connectivity index (χ0) is 24.5. The van der Waals surface area contributed by atoms with Crippen LogP contribution in [0.3, 0.4) is 0 Å². The summed E-state index contributed by atoms with van der Waals surface area (Å²) in [6.45, 7) is -5.31. The van der Waals surface area contributed by atoms with Crippen molar-refractivity contribution in [3.05, 3.63) is 83.4 Å². The SMILES string of the molecule is COC(=O)Cc1cc(N(C)C(=O)OCC2c3ccccc3-c3ccccc32)cc([B-](F)(F)F)c1.[K+]. The second-order valence-corrected chi connectivity index (χ2v) is 8.12. The molecule has 0 atom stereocenters. The summed E-state index contributed by atoms with van der Waals surface area (Å²) >= 11 is 0. The van der Waals surface area contributed by atoms with Crippen molar-refractivity contribution in [2.24, 2.45) is 0 Å². The van der Waals surface area contributed by atoms with E-state index in [0.29, 0.717) is 0 Å². The van der Waals surface area contributed by atoms with Crippen LogP contribution in [0.2, 0.25) is 0 Å². The van der Waals surface area contributed by atoms with Gasteiger partial charge >= 0.3 is 70.4 Å². The Labute approximate surface area is 244 Å². The van der Waals surface area contributed by atoms with Crippen molar-refractivity contribution in [3.8, 4) is 11.1 Å². The fourth-order valence-corrected chi connectivity index (χ4v) is 4.22. The summed E-state index contributed by atoms with van der Waals surface area (Å²) < 4.78 is 50.5. The van der Waals surface area contributed by atoms with Gasteiger partial charge in [-0.3, -0.25) is 9.69 Å². The number of ether oxygens (including phenoxy) is 2. The zero-order valence-electron chi connectivity index (χ0n) is 19.6. The number of anilines is 1. The third-order valence-corrected chi connectivity index (χ3v) is 5.95. The summed E-state index contributed by atoms with van der Waals surface area (Å²) in [5.74, 6) is -0.856. The predicted octanol–water partition coefficient (Wildman–Crippen LogP) is 1.85. The first kappa shape index (κ1) is 27.5. The van der Waals surface area contributed by atoms with E-state index in [2.05, 4.69) is 4.74 Å². The topological polar surface area (TPSA) is 55.8 Å². The second kappa shape index (κ2) is 11.3. The van der Waals surface area contributed by atoms with Crippen molar-refractivity contribution in [3.63, 3.8) is 0 Å². The molecule has 0 heterocycles. The van der Waals surface area contributed by atoms with Crippen molar-refractivity contribution < 1.29 is 83.4 Å². The van der Waals surface area contributed by atoms with Crippen molar-refractivity contribution >= 4 is 30.2 Å². The molecule has 10 heteroatoms. The molecule has 4 rings (SSSR count). The molecule has 5 nitrogen and oxygen atoms in total. The average molecular weight is 507 g/mol. The molecule has 3 aromatic rings. The van der Waals surface area contributed by atoms with E-state index in [1.165, 1.54) is 13.1 Å². The molecule has 0 unspecified atom stereocenters. The number of hydrogen-bond donors (Lipinski definition) is 0. The Kier molecular flexibility index (Phi) is 8.87. The van der Waals surface area contributed by atoms with Gasteiger partial charge in [-0.2, -0.15) is 0 Å². The number of fused-ring (bicyclic) bond motifs is 3. The quantitative estimate of drug-likeness (QED) is 0.378. The van der Waals surface area contributed by atoms with Crippen LogP contribution < -0.4 is 61.7 Å². The van der Waals surface area contributed by atoms with Gasteiger partial charge in [-0.15, -0.1) is 5.46 Å². The van der Waals surface area contributed by atoms with Crippen LogP contribution in [-0.2, 0) is 20.7 Å². The molecule has 0 N–H and O–H groups in total. The number of methoxy groups -OCH3 is 1. The first-order valence-corrected chi connectivity index (χ1v) is 10.7. The fraction of sp³-hybridized carbons (Fsp3) is 0.200. The first-order valence-electron chi connectivity index (χ1n) is 10.7. The fourth-order valence-electron chi connectivity index (χ4n) is 4.22. The maximum atomic E-state index is 13.5. The van der Waals surface area contributed by atoms with Gasteiger partial charge in [-0.1, -0.05) is 60.7 Å². The van der Waals surface area contributed by atoms with Gasteiger partial charge in [0.25, 0.3) is 0 Å². The summed E-state index contributed by atoms with van der Waals surface area (Å²) in [7, 11) is 2.49. The molecule has 0 spiro atoms. The summed E-state index contributed by atoms with van der Waals surface area (Å²) in [4.78, 5) is 25.4. The van der Waals surface area contributed by atoms with E-state index in [4.69, 9.17) is 4.74 Å². The predicted molar refractivity (Wildman–Crippen MR) is 124 cm³/mol. The molecule has 0 fully saturated rings. The Hall–Kier alpha value is -2.11. The van der Waals surface area contributed by atoms with Crippen LogP contribution >= 0.6 is 0 Å². The third-order valence-electron chi connectivity index (χ3n) is 5.95. The standard InChI is InChI=1S/C25H22BF3NO4.K/c1-30(18-12-16(13-24(31)33-2)11-17(14-18)26(27,28)29)25(32)34-15-23-21-9-5-3-7-19(21)20-8-4-6-10-22(20)23;/h3-12,14,23H,13,15H2,1-2H3;/q-1;+1. The van der Waals surface area contributed by atoms with Gasteiger partial charge in [0.2, 0.25) is 0 Å². The molecule has 0 saturated heterocycles. The summed E-state index contributed by atoms with van der Waals surface area (Å²) in [6, 6.07) is 18.8. The Bertz CT molecular complexity index is 1210. The summed E-state index contributed by atoms with van der Waals surface area (Å²) in [5.41, 5.74) is 3.36. The number of halogens is 3. The van der Waals surface area contributed by atoms with Crippen LogP contribution in [0.15, 0.2) is 66.7 Å². The van der Waals surface area contributed by atoms with Gasteiger partial charge in [-0.05, 0) is 33.9 Å². The molecular formula is C25H22BF3KNO4. The van der Waals surface area contributed by atoms with Gasteiger partial charge < -0.3 is 22.4 Å². The monoisotopic (exact) mass is 507 g/mol. The van der Waals surface area contributed by atoms with Gasteiger partial charge in [-0.25, -0.2) is 4.79 Å². The largest absolute Gasteiger partial charge is 1.00 e. The minimum Gasteiger partial charge on any atom is -0.469 e. The molecule has 3 aromatic carbocycles. The van der Waals surface area contributed by atoms with Crippen LogP contribution in [0.25, 0.3) is 11.1 Å². The molecule has 1 aliphatic carbocycles. The third kappa shape index (κ3) is 6.00. The molecule has 176 valence electrons. The zero-order valence-corrected chi connectivity index (χ0v) is 22.8. The minimum absolute atomic E-state index is 0. The first-order chi connectivity index (χ1) is 16.2. The number of amides is 1. The molecule has 35 heavy (non-hydrogen) atoms. The van der Waals surface area contributed by atoms with Crippen LogP contribution in [0.5, 0.6) is 0 Å². The number of benzene rings is 3. The van der Waals surface area contributed by atoms with Crippen LogP contribution in [0, 0.1) is 0 Å². The number of carbonyl (C=O) groups is 2. The molecular weight excluding hydrogens is 485 g/mol. The van der Waals surface area contributed by atoms with E-state index in [-0.39, 0.29) is 81.6 Å². The molecule has 0 aromatic heterocycles. The van der Waals surface area contributed by atoms with E-state index >= 15 is 0 Å². The second-order valence-electron chi connectivity index (χ2n) is 8.12. The van der Waals surface area contributed by atoms with Crippen molar-refractivity contribution in [2.75, 3.05) is 25.7 Å². The van der Waals surface area contributed by atoms with E-state index < -0.39 is 24.5 Å². The molecule has 1 amide bonds. The molecule has 0 radical (unpaired) electrons. The van der Waals surface area contributed by atoms with Crippen molar-refractivity contribution in [1.82, 2.24) is 0 Å². The van der Waals surface area contributed by atoms with E-state index in [1.54, 1.807) is 0 Å². The van der Waals surface area contributed by atoms with Crippen LogP contribution in [0.4, 0.5) is 23.4 Å². The summed E-state index contributed by atoms with van der Waals surface area (Å²) in [6.07, 6.45) is -1.14. The summed E-state index contributed by atoms with van der Waals surface area (Å²) in [5, 5.41) is 0. The van der Waals surface area contributed by atoms with Gasteiger partial charge in [0.1, 0.15) is 6.61 Å². The average Bonchev–Trinajstić information content (AvgIpc) is 3.15. The Morgan fingerprint density at radius 1 is 0.943 bits per heavy atom.